The lowest BCUT2D eigenvalue weighted by Crippen LogP contribution is -2.47. The van der Waals surface area contributed by atoms with Crippen LogP contribution in [0.2, 0.25) is 30.1 Å². The molecule has 0 aromatic heterocycles. The molecule has 9 N–H and O–H groups in total. The third kappa shape index (κ3) is 37.2. The Morgan fingerprint density at radius 1 is 0.412 bits per heavy atom. The van der Waals surface area contributed by atoms with Crippen molar-refractivity contribution in [2.75, 3.05) is 183 Å². The average molecular weight is 2020 g/mol. The molecular formula is C95H121Cl6N9O26. The van der Waals surface area contributed by atoms with Gasteiger partial charge in [-0.15, -0.1) is 10.1 Å². The Morgan fingerprint density at radius 2 is 0.757 bits per heavy atom. The summed E-state index contributed by atoms with van der Waals surface area (Å²) in [5.41, 5.74) is 17.9. The van der Waals surface area contributed by atoms with Crippen LogP contribution in [-0.2, 0) is 131 Å². The molecule has 0 bridgehead atoms. The van der Waals surface area contributed by atoms with E-state index >= 15 is 0 Å². The molecule has 3 unspecified atom stereocenters. The molecule has 5 aliphatic heterocycles. The number of hydrogen-bond donors (Lipinski definition) is 8. The van der Waals surface area contributed by atoms with Crippen LogP contribution >= 0.6 is 69.6 Å². The summed E-state index contributed by atoms with van der Waals surface area (Å²) >= 11 is 38.4. The standard InChI is InChI=1S/C33H44Cl2N2O8.C25H33Cl2N3O4.C25H32Cl2N2O4.C12H12N2O10/c1-3-5-30(39)31(40)32(41)33(42)36-9-11-44-13-15-45-14-12-43-10-8-25(38)17-22-6-4-7-23(16-22)27-20-37(2)21-28-26(27)18-24(34)19-29(28)35;1-30-16-22(21-14-19(26)15-24(27)23(21)17-30)18-3-2-4-20(13-18)29-25(31)5-7-32-9-11-34-12-10-33-8-6-28;1-3-31-9-10-33-12-11-32-8-7-25(30)28-20-6-4-5-18(13-20)22-16-29(2)17-23-21(22)14-19(26)15-24(23)27;15-5-1-2-6(16)13(5)23-11(21)9(19)10(20)12(22)24-14-7(17)3-4-8(14)18/h4,6-7,16,18-19,27,31-32,40-41H,3,5,8-15,17,20-21H2,1-2H3,(H,36,42);2-4,13-15,22H,5-12,16-17,28H2,1H3,(H,29,31);4-6,13-15,22H,3,7-12,16-17H2,1-2H3,(H,28,30);9-10,19-20H,1-4H2/t27?,31-,32+;;;9-,10-/m0..1/s1. The second-order valence-electron chi connectivity index (χ2n) is 32.3. The minimum absolute atomic E-state index is 0.0864. The number of amides is 7. The van der Waals surface area contributed by atoms with E-state index in [1.807, 2.05) is 73.7 Å². The smallest absolute Gasteiger partial charge is 0.364 e. The van der Waals surface area contributed by atoms with Crippen molar-refractivity contribution in [3.05, 3.63) is 195 Å². The van der Waals surface area contributed by atoms with E-state index in [4.69, 9.17) is 118 Å². The Morgan fingerprint density at radius 3 is 1.13 bits per heavy atom. The first-order valence-corrected chi connectivity index (χ1v) is 47.0. The van der Waals surface area contributed by atoms with Crippen LogP contribution in [0.5, 0.6) is 0 Å². The molecule has 6 aromatic rings. The molecule has 5 heterocycles. The van der Waals surface area contributed by atoms with Gasteiger partial charge < -0.3 is 109 Å². The fourth-order valence-electron chi connectivity index (χ4n) is 14.9. The zero-order valence-corrected chi connectivity index (χ0v) is 81.3. The maximum absolute atomic E-state index is 12.6. The summed E-state index contributed by atoms with van der Waals surface area (Å²) in [6, 6.07) is 35.4. The van der Waals surface area contributed by atoms with Crippen molar-refractivity contribution in [2.45, 2.75) is 140 Å². The molecule has 5 aliphatic rings. The largest absolute Gasteiger partial charge is 0.382 e. The second-order valence-corrected chi connectivity index (χ2v) is 34.9. The summed E-state index contributed by atoms with van der Waals surface area (Å²) in [5, 5.41) is 51.0. The van der Waals surface area contributed by atoms with Crippen LogP contribution in [0.3, 0.4) is 0 Å². The van der Waals surface area contributed by atoms with Crippen LogP contribution in [0, 0.1) is 0 Å². The van der Waals surface area contributed by atoms with E-state index in [9.17, 15) is 73.2 Å². The summed E-state index contributed by atoms with van der Waals surface area (Å²) in [7, 11) is 6.23. The third-order valence-corrected chi connectivity index (χ3v) is 23.3. The molecule has 136 heavy (non-hydrogen) atoms. The van der Waals surface area contributed by atoms with E-state index in [0.717, 1.165) is 106 Å². The molecule has 41 heteroatoms. The second kappa shape index (κ2) is 59.7. The van der Waals surface area contributed by atoms with Crippen molar-refractivity contribution in [1.82, 2.24) is 30.1 Å². The average Bonchev–Trinajstić information content (AvgIpc) is 1.75. The minimum Gasteiger partial charge on any atom is -0.382 e. The Hall–Kier alpha value is -8.65. The van der Waals surface area contributed by atoms with Crippen LogP contribution in [0.4, 0.5) is 11.4 Å². The van der Waals surface area contributed by atoms with Crippen molar-refractivity contribution < 1.29 is 125 Å². The van der Waals surface area contributed by atoms with Gasteiger partial charge in [0.05, 0.1) is 125 Å². The molecule has 744 valence electrons. The third-order valence-electron chi connectivity index (χ3n) is 21.6. The number of imide groups is 2. The van der Waals surface area contributed by atoms with Gasteiger partial charge in [-0.3, -0.25) is 43.2 Å². The monoisotopic (exact) mass is 2010 g/mol. The normalized spacial score (nSPS) is 16.8. The van der Waals surface area contributed by atoms with E-state index in [0.29, 0.717) is 162 Å². The zero-order valence-electron chi connectivity index (χ0n) is 76.7. The van der Waals surface area contributed by atoms with Crippen LogP contribution in [-0.4, -0.2) is 307 Å². The summed E-state index contributed by atoms with van der Waals surface area (Å²) in [5.74, 6) is -7.78. The number of hydroxylamine groups is 4. The van der Waals surface area contributed by atoms with E-state index in [1.54, 1.807) is 25.1 Å². The summed E-state index contributed by atoms with van der Waals surface area (Å²) < 4.78 is 48.5. The number of nitrogens with zero attached hydrogens (tertiary/aromatic N) is 5. The number of aliphatic hydroxyl groups is 4. The molecule has 35 nitrogen and oxygen atoms in total. The highest BCUT2D eigenvalue weighted by molar-refractivity contribution is 6.36. The van der Waals surface area contributed by atoms with Crippen molar-refractivity contribution in [2.24, 2.45) is 5.73 Å². The molecule has 0 aliphatic carbocycles. The number of rotatable bonds is 50. The van der Waals surface area contributed by atoms with Gasteiger partial charge in [0.2, 0.25) is 11.8 Å². The molecular weight excluding hydrogens is 1900 g/mol. The maximum Gasteiger partial charge on any atom is 0.364 e. The first-order chi connectivity index (χ1) is 65.3. The van der Waals surface area contributed by atoms with E-state index in [-0.39, 0.29) is 110 Å². The van der Waals surface area contributed by atoms with Crippen LogP contribution in [0.15, 0.2) is 109 Å². The zero-order chi connectivity index (χ0) is 98.8. The van der Waals surface area contributed by atoms with Crippen molar-refractivity contribution in [1.29, 1.82) is 0 Å². The predicted octanol–water partition coefficient (Wildman–Crippen LogP) is 9.13. The van der Waals surface area contributed by atoms with Gasteiger partial charge in [-0.25, -0.2) is 9.59 Å². The molecule has 11 rings (SSSR count). The number of Topliss-reactive ketones (excluding diaryl/α,β-unsaturated/α-hetero) is 2. The van der Waals surface area contributed by atoms with E-state index < -0.39 is 71.7 Å². The van der Waals surface area contributed by atoms with E-state index in [1.165, 1.54) is 0 Å². The summed E-state index contributed by atoms with van der Waals surface area (Å²) in [6.07, 6.45) is -7.51. The first kappa shape index (κ1) is 113. The first-order valence-electron chi connectivity index (χ1n) is 44.7. The highest BCUT2D eigenvalue weighted by atomic mass is 35.5. The van der Waals surface area contributed by atoms with Gasteiger partial charge in [0.25, 0.3) is 29.5 Å². The number of nitrogens with two attached hydrogens (primary N) is 1. The number of nitrogens with one attached hydrogen (secondary N) is 3. The molecule has 0 spiro atoms. The SMILES string of the molecule is CCCC(=O)[C@H](O)[C@@H](O)C(=O)NCCOCCOCCOCCC(=O)Cc1cccc(C2CN(C)Cc3c(Cl)cc(Cl)cc32)c1.CCOCCOCCOCCC(=O)Nc1cccc(C2CN(C)Cc3c(Cl)cc(Cl)cc32)c1.CN1Cc2c(Cl)cc(Cl)cc2C(c2cccc(NC(=O)CCOCCOCCOCCN)c2)C1.O=C(ON1C(=O)CCC1=O)[C@H](O)[C@@H](O)C(=O)ON1C(=O)CCC1=O. The fourth-order valence-corrected chi connectivity index (χ4v) is 16.6. The van der Waals surface area contributed by atoms with Gasteiger partial charge in [0, 0.05) is 163 Å². The molecule has 7 atom stereocenters. The molecule has 7 amide bonds. The summed E-state index contributed by atoms with van der Waals surface area (Å²) in [4.78, 5) is 144. The van der Waals surface area contributed by atoms with Gasteiger partial charge in [0.1, 0.15) is 11.9 Å². The van der Waals surface area contributed by atoms with Crippen molar-refractivity contribution in [3.63, 3.8) is 0 Å². The quantitative estimate of drug-likeness (QED) is 0.0130. The predicted molar refractivity (Wildman–Crippen MR) is 506 cm³/mol. The number of hydrogen-bond acceptors (Lipinski definition) is 30. The number of fused-ring (bicyclic) bond motifs is 3. The highest BCUT2D eigenvalue weighted by Crippen LogP contribution is 2.43. The topological polar surface area (TPSA) is 449 Å². The van der Waals surface area contributed by atoms with Gasteiger partial charge in [-0.1, -0.05) is 125 Å². The number of anilines is 2. The lowest BCUT2D eigenvalue weighted by molar-refractivity contribution is -0.216. The molecule has 2 fully saturated rings. The van der Waals surface area contributed by atoms with Gasteiger partial charge >= 0.3 is 11.9 Å². The Bertz CT molecular complexity index is 4880. The van der Waals surface area contributed by atoms with Crippen molar-refractivity contribution >= 4 is 146 Å². The number of halogens is 6. The number of likely N-dealkylation sites (N-methyl/N-ethyl adjacent to an activating group) is 3. The van der Waals surface area contributed by atoms with Crippen LogP contribution in [0.25, 0.3) is 0 Å². The number of carbonyl (C=O) groups excluding carboxylic acids is 11. The lowest BCUT2D eigenvalue weighted by Gasteiger charge is -2.33. The highest BCUT2D eigenvalue weighted by Gasteiger charge is 2.42. The molecule has 6 aromatic carbocycles. The molecule has 0 saturated carbocycles. The Kier molecular flexibility index (Phi) is 49.4. The lowest BCUT2D eigenvalue weighted by atomic mass is 9.84. The van der Waals surface area contributed by atoms with Gasteiger partial charge in [-0.2, -0.15) is 0 Å². The Labute approximate surface area is 820 Å². The van der Waals surface area contributed by atoms with Crippen LogP contribution in [0.1, 0.15) is 145 Å². The molecule has 2 saturated heterocycles. The fraction of sp³-hybridized carbons (Fsp3) is 0.505. The van der Waals surface area contributed by atoms with E-state index in [2.05, 4.69) is 85.7 Å². The Balaban J connectivity index is 0.000000228. The van der Waals surface area contributed by atoms with Crippen LogP contribution < -0.4 is 21.7 Å². The van der Waals surface area contributed by atoms with Gasteiger partial charge in [-0.05, 0) is 151 Å². The number of benzene rings is 6. The number of carbonyl (C=O) groups is 11. The minimum atomic E-state index is -2.51. The molecule has 0 radical (unpaired) electrons. The summed E-state index contributed by atoms with van der Waals surface area (Å²) in [6.45, 7) is 16.8. The number of ether oxygens (including phenoxy) is 9. The van der Waals surface area contributed by atoms with Crippen molar-refractivity contribution in [3.8, 4) is 0 Å². The maximum atomic E-state index is 12.6. The number of aliphatic hydroxyl groups excluding tert-OH is 4. The van der Waals surface area contributed by atoms with Gasteiger partial charge in [0.15, 0.2) is 24.1 Å². The number of ketones is 2.